The zero-order chi connectivity index (χ0) is 14.7. The molecule has 0 amide bonds. The Kier molecular flexibility index (Phi) is 4.27. The van der Waals surface area contributed by atoms with Crippen LogP contribution in [0.5, 0.6) is 0 Å². The molecular formula is C15H17F2N3. The van der Waals surface area contributed by atoms with Crippen molar-refractivity contribution in [1.29, 1.82) is 0 Å². The molecule has 0 spiro atoms. The van der Waals surface area contributed by atoms with Crippen LogP contribution < -0.4 is 5.32 Å². The highest BCUT2D eigenvalue weighted by atomic mass is 19.2. The predicted octanol–water partition coefficient (Wildman–Crippen LogP) is 3.86. The average molecular weight is 277 g/mol. The van der Waals surface area contributed by atoms with Gasteiger partial charge in [-0.15, -0.1) is 0 Å². The smallest absolute Gasteiger partial charge is 0.223 e. The van der Waals surface area contributed by atoms with Crippen LogP contribution in [0.3, 0.4) is 0 Å². The van der Waals surface area contributed by atoms with Crippen LogP contribution in [0.1, 0.15) is 24.6 Å². The van der Waals surface area contributed by atoms with Gasteiger partial charge in [0.2, 0.25) is 5.95 Å². The Morgan fingerprint density at radius 3 is 2.55 bits per heavy atom. The summed E-state index contributed by atoms with van der Waals surface area (Å²) in [7, 11) is 0. The third kappa shape index (κ3) is 2.92. The number of halogens is 2. The van der Waals surface area contributed by atoms with Gasteiger partial charge in [0.05, 0.1) is 5.69 Å². The van der Waals surface area contributed by atoms with Crippen molar-refractivity contribution in [1.82, 2.24) is 9.97 Å². The maximum atomic E-state index is 14.0. The van der Waals surface area contributed by atoms with E-state index in [1.807, 2.05) is 6.92 Å². The third-order valence-corrected chi connectivity index (χ3v) is 2.94. The second-order valence-electron chi connectivity index (χ2n) is 4.70. The maximum Gasteiger partial charge on any atom is 0.223 e. The van der Waals surface area contributed by atoms with E-state index in [1.165, 1.54) is 6.92 Å². The summed E-state index contributed by atoms with van der Waals surface area (Å²) in [6.07, 6.45) is 0.931. The van der Waals surface area contributed by atoms with Crippen LogP contribution in [-0.4, -0.2) is 16.5 Å². The number of nitrogens with one attached hydrogen (secondary N) is 1. The zero-order valence-electron chi connectivity index (χ0n) is 11.8. The van der Waals surface area contributed by atoms with Gasteiger partial charge >= 0.3 is 0 Å². The topological polar surface area (TPSA) is 37.8 Å². The van der Waals surface area contributed by atoms with Crippen molar-refractivity contribution >= 4 is 5.95 Å². The molecule has 0 aliphatic carbocycles. The number of nitrogens with zero attached hydrogens (tertiary/aromatic N) is 2. The molecule has 0 saturated carbocycles. The first-order valence-corrected chi connectivity index (χ1v) is 6.57. The molecule has 1 aromatic heterocycles. The first kappa shape index (κ1) is 14.4. The molecule has 3 nitrogen and oxygen atoms in total. The minimum atomic E-state index is -0.871. The molecule has 2 aromatic rings. The highest BCUT2D eigenvalue weighted by Gasteiger charge is 2.14. The summed E-state index contributed by atoms with van der Waals surface area (Å²) in [5.41, 5.74) is 1.51. The molecule has 0 saturated heterocycles. The van der Waals surface area contributed by atoms with E-state index in [2.05, 4.69) is 15.3 Å². The normalized spacial score (nSPS) is 10.7. The molecule has 5 heteroatoms. The molecule has 20 heavy (non-hydrogen) atoms. The molecule has 0 atom stereocenters. The summed E-state index contributed by atoms with van der Waals surface area (Å²) in [6.45, 7) is 6.08. The Morgan fingerprint density at radius 2 is 1.85 bits per heavy atom. The molecule has 1 aromatic carbocycles. The lowest BCUT2D eigenvalue weighted by molar-refractivity contribution is 0.505. The van der Waals surface area contributed by atoms with Gasteiger partial charge in [0.25, 0.3) is 0 Å². The van der Waals surface area contributed by atoms with E-state index >= 15 is 0 Å². The van der Waals surface area contributed by atoms with Gasteiger partial charge in [0.1, 0.15) is 0 Å². The molecule has 0 bridgehead atoms. The summed E-state index contributed by atoms with van der Waals surface area (Å²) in [4.78, 5) is 8.47. The number of anilines is 1. The van der Waals surface area contributed by atoms with E-state index in [-0.39, 0.29) is 11.1 Å². The lowest BCUT2D eigenvalue weighted by Crippen LogP contribution is -2.06. The Morgan fingerprint density at radius 1 is 1.10 bits per heavy atom. The molecule has 0 fully saturated rings. The van der Waals surface area contributed by atoms with E-state index < -0.39 is 11.6 Å². The number of benzene rings is 1. The van der Waals surface area contributed by atoms with Crippen molar-refractivity contribution in [3.8, 4) is 11.3 Å². The molecule has 0 aliphatic rings. The van der Waals surface area contributed by atoms with Gasteiger partial charge < -0.3 is 5.32 Å². The molecular weight excluding hydrogens is 260 g/mol. The zero-order valence-corrected chi connectivity index (χ0v) is 11.8. The summed E-state index contributed by atoms with van der Waals surface area (Å²) in [6, 6.07) is 4.73. The SMILES string of the molecule is CCCNc1nc(C)cc(-c2ccc(C)c(F)c2F)n1. The second-order valence-corrected chi connectivity index (χ2v) is 4.70. The number of aryl methyl sites for hydroxylation is 2. The van der Waals surface area contributed by atoms with Crippen molar-refractivity contribution in [3.63, 3.8) is 0 Å². The molecule has 1 heterocycles. The van der Waals surface area contributed by atoms with Gasteiger partial charge in [-0.2, -0.15) is 0 Å². The molecule has 2 rings (SSSR count). The maximum absolute atomic E-state index is 14.0. The summed E-state index contributed by atoms with van der Waals surface area (Å²) >= 11 is 0. The molecule has 0 radical (unpaired) electrons. The lowest BCUT2D eigenvalue weighted by Gasteiger charge is -2.09. The summed E-state index contributed by atoms with van der Waals surface area (Å²) < 4.78 is 27.7. The molecule has 106 valence electrons. The predicted molar refractivity (Wildman–Crippen MR) is 75.6 cm³/mol. The Labute approximate surface area is 117 Å². The first-order chi connectivity index (χ1) is 9.52. The summed E-state index contributed by atoms with van der Waals surface area (Å²) in [5.74, 6) is -1.27. The number of rotatable bonds is 4. The van der Waals surface area contributed by atoms with Crippen LogP contribution in [0.25, 0.3) is 11.3 Å². The lowest BCUT2D eigenvalue weighted by atomic mass is 10.1. The molecule has 0 unspecified atom stereocenters. The highest BCUT2D eigenvalue weighted by molar-refractivity contribution is 5.62. The van der Waals surface area contributed by atoms with Crippen LogP contribution in [0.2, 0.25) is 0 Å². The fraction of sp³-hybridized carbons (Fsp3) is 0.333. The van der Waals surface area contributed by atoms with Crippen molar-refractivity contribution < 1.29 is 8.78 Å². The molecule has 1 N–H and O–H groups in total. The van der Waals surface area contributed by atoms with Crippen molar-refractivity contribution in [3.05, 3.63) is 41.1 Å². The van der Waals surface area contributed by atoms with Crippen molar-refractivity contribution in [2.24, 2.45) is 0 Å². The number of hydrogen-bond acceptors (Lipinski definition) is 3. The largest absolute Gasteiger partial charge is 0.354 e. The second kappa shape index (κ2) is 5.94. The van der Waals surface area contributed by atoms with Crippen molar-refractivity contribution in [2.45, 2.75) is 27.2 Å². The van der Waals surface area contributed by atoms with Crippen LogP contribution >= 0.6 is 0 Å². The Hall–Kier alpha value is -2.04. The number of hydrogen-bond donors (Lipinski definition) is 1. The van der Waals surface area contributed by atoms with Gasteiger partial charge in [-0.1, -0.05) is 13.0 Å². The Bertz CT molecular complexity index is 627. The van der Waals surface area contributed by atoms with Crippen LogP contribution in [0.4, 0.5) is 14.7 Å². The van der Waals surface area contributed by atoms with E-state index in [1.54, 1.807) is 25.1 Å². The highest BCUT2D eigenvalue weighted by Crippen LogP contribution is 2.25. The fourth-order valence-electron chi connectivity index (χ4n) is 1.87. The fourth-order valence-corrected chi connectivity index (χ4v) is 1.87. The van der Waals surface area contributed by atoms with Gasteiger partial charge in [0, 0.05) is 17.8 Å². The van der Waals surface area contributed by atoms with Crippen LogP contribution in [0, 0.1) is 25.5 Å². The van der Waals surface area contributed by atoms with Gasteiger partial charge in [-0.25, -0.2) is 18.7 Å². The minimum absolute atomic E-state index is 0.151. The first-order valence-electron chi connectivity index (χ1n) is 6.57. The summed E-state index contributed by atoms with van der Waals surface area (Å²) in [5, 5.41) is 3.05. The third-order valence-electron chi connectivity index (χ3n) is 2.94. The van der Waals surface area contributed by atoms with E-state index in [4.69, 9.17) is 0 Å². The quantitative estimate of drug-likeness (QED) is 0.922. The van der Waals surface area contributed by atoms with Gasteiger partial charge in [0.15, 0.2) is 11.6 Å². The standard InChI is InChI=1S/C15H17F2N3/c1-4-7-18-15-19-10(3)8-12(20-15)11-6-5-9(2)13(16)14(11)17/h5-6,8H,4,7H2,1-3H3,(H,18,19,20). The average Bonchev–Trinajstić information content (AvgIpc) is 2.42. The monoisotopic (exact) mass is 277 g/mol. The minimum Gasteiger partial charge on any atom is -0.354 e. The van der Waals surface area contributed by atoms with E-state index in [9.17, 15) is 8.78 Å². The van der Waals surface area contributed by atoms with E-state index in [0.717, 1.165) is 13.0 Å². The Balaban J connectivity index is 2.47. The number of aromatic nitrogens is 2. The van der Waals surface area contributed by atoms with Crippen LogP contribution in [0.15, 0.2) is 18.2 Å². The van der Waals surface area contributed by atoms with Crippen LogP contribution in [-0.2, 0) is 0 Å². The van der Waals surface area contributed by atoms with Gasteiger partial charge in [-0.3, -0.25) is 0 Å². The van der Waals surface area contributed by atoms with Gasteiger partial charge in [-0.05, 0) is 38.0 Å². The van der Waals surface area contributed by atoms with E-state index in [0.29, 0.717) is 17.3 Å². The molecule has 0 aliphatic heterocycles. The van der Waals surface area contributed by atoms with Crippen molar-refractivity contribution in [2.75, 3.05) is 11.9 Å².